The van der Waals surface area contributed by atoms with Gasteiger partial charge in [0.2, 0.25) is 0 Å². The fourth-order valence-corrected chi connectivity index (χ4v) is 3.43. The molecule has 0 aliphatic carbocycles. The Kier molecular flexibility index (Phi) is 5.45. The van der Waals surface area contributed by atoms with Crippen LogP contribution in [0.5, 0.6) is 0 Å². The van der Waals surface area contributed by atoms with Gasteiger partial charge in [-0.25, -0.2) is 0 Å². The molecule has 0 saturated carbocycles. The van der Waals surface area contributed by atoms with Gasteiger partial charge in [0.25, 0.3) is 0 Å². The molecule has 0 fully saturated rings. The van der Waals surface area contributed by atoms with Crippen LogP contribution in [0.4, 0.5) is 0 Å². The molecule has 3 heteroatoms. The molecule has 0 saturated heterocycles. The summed E-state index contributed by atoms with van der Waals surface area (Å²) in [7, 11) is 0. The first kappa shape index (κ1) is 16.2. The summed E-state index contributed by atoms with van der Waals surface area (Å²) >= 11 is 5.39. The van der Waals surface area contributed by atoms with Gasteiger partial charge in [-0.1, -0.05) is 20.8 Å². The molecule has 0 aliphatic rings. The van der Waals surface area contributed by atoms with Gasteiger partial charge in [-0.3, -0.25) is 0 Å². The highest BCUT2D eigenvalue weighted by atomic mass is 79.9. The summed E-state index contributed by atoms with van der Waals surface area (Å²) in [6, 6.07) is 2.25. The molecule has 1 atom stereocenters. The lowest BCUT2D eigenvalue weighted by molar-refractivity contribution is 0.189. The van der Waals surface area contributed by atoms with Gasteiger partial charge < -0.3 is 5.32 Å². The van der Waals surface area contributed by atoms with E-state index in [-0.39, 0.29) is 5.54 Å². The molecule has 0 spiro atoms. The summed E-state index contributed by atoms with van der Waals surface area (Å²) in [5, 5.41) is 5.84. The first-order chi connectivity index (χ1) is 8.12. The Hall–Kier alpha value is 0.140. The van der Waals surface area contributed by atoms with E-state index in [0.29, 0.717) is 11.3 Å². The molecule has 1 rings (SSSR count). The van der Waals surface area contributed by atoms with Crippen molar-refractivity contribution in [1.29, 1.82) is 0 Å². The van der Waals surface area contributed by atoms with Gasteiger partial charge in [0.1, 0.15) is 0 Å². The molecule has 104 valence electrons. The number of hydrogen-bond acceptors (Lipinski definition) is 2. The molecular weight excluding hydrogens is 306 g/mol. The van der Waals surface area contributed by atoms with E-state index in [0.717, 1.165) is 13.0 Å². The largest absolute Gasteiger partial charge is 0.312 e. The maximum Gasteiger partial charge on any atom is 0.0285 e. The molecule has 0 aliphatic heterocycles. The third kappa shape index (κ3) is 5.02. The highest BCUT2D eigenvalue weighted by Crippen LogP contribution is 2.34. The SMILES string of the molecule is CC(C)C(C)(CNC(C)(C)C)Cc1cc(Br)cs1. The molecule has 1 N–H and O–H groups in total. The first-order valence-corrected chi connectivity index (χ1v) is 8.28. The minimum Gasteiger partial charge on any atom is -0.312 e. The second-order valence-corrected chi connectivity index (χ2v) is 8.73. The van der Waals surface area contributed by atoms with Crippen LogP contribution in [0.25, 0.3) is 0 Å². The summed E-state index contributed by atoms with van der Waals surface area (Å²) in [5.41, 5.74) is 0.490. The highest BCUT2D eigenvalue weighted by Gasteiger charge is 2.30. The van der Waals surface area contributed by atoms with Crippen LogP contribution in [-0.4, -0.2) is 12.1 Å². The highest BCUT2D eigenvalue weighted by molar-refractivity contribution is 9.10. The summed E-state index contributed by atoms with van der Waals surface area (Å²) in [4.78, 5) is 1.47. The van der Waals surface area contributed by atoms with E-state index in [1.165, 1.54) is 9.35 Å². The second kappa shape index (κ2) is 6.06. The zero-order chi connectivity index (χ0) is 14.0. The standard InChI is InChI=1S/C15H26BrNS/c1-11(2)15(6,10-17-14(3,4)5)8-13-7-12(16)9-18-13/h7,9,11,17H,8,10H2,1-6H3. The average Bonchev–Trinajstić information content (AvgIpc) is 2.60. The lowest BCUT2D eigenvalue weighted by atomic mass is 9.75. The Morgan fingerprint density at radius 3 is 2.28 bits per heavy atom. The van der Waals surface area contributed by atoms with Crippen LogP contribution >= 0.6 is 27.3 Å². The minimum absolute atomic E-state index is 0.187. The van der Waals surface area contributed by atoms with E-state index in [9.17, 15) is 0 Å². The van der Waals surface area contributed by atoms with Gasteiger partial charge in [0.15, 0.2) is 0 Å². The molecule has 1 heterocycles. The van der Waals surface area contributed by atoms with Crippen LogP contribution < -0.4 is 5.32 Å². The van der Waals surface area contributed by atoms with Crippen molar-refractivity contribution in [1.82, 2.24) is 5.32 Å². The van der Waals surface area contributed by atoms with Gasteiger partial charge in [-0.05, 0) is 60.5 Å². The van der Waals surface area contributed by atoms with Gasteiger partial charge in [0, 0.05) is 26.8 Å². The predicted octanol–water partition coefficient (Wildman–Crippen LogP) is 5.10. The minimum atomic E-state index is 0.187. The number of nitrogens with one attached hydrogen (secondary N) is 1. The van der Waals surface area contributed by atoms with Crippen molar-refractivity contribution in [2.75, 3.05) is 6.54 Å². The number of thiophene rings is 1. The van der Waals surface area contributed by atoms with Crippen LogP contribution in [0.3, 0.4) is 0 Å². The van der Waals surface area contributed by atoms with Crippen molar-refractivity contribution in [2.45, 2.75) is 53.5 Å². The number of halogens is 1. The van der Waals surface area contributed by atoms with Crippen molar-refractivity contribution in [3.8, 4) is 0 Å². The maximum absolute atomic E-state index is 3.66. The molecule has 1 nitrogen and oxygen atoms in total. The monoisotopic (exact) mass is 331 g/mol. The third-order valence-corrected chi connectivity index (χ3v) is 5.31. The number of hydrogen-bond donors (Lipinski definition) is 1. The summed E-state index contributed by atoms with van der Waals surface area (Å²) in [5.74, 6) is 0.660. The molecule has 1 unspecified atom stereocenters. The maximum atomic E-state index is 3.66. The molecule has 0 amide bonds. The van der Waals surface area contributed by atoms with Crippen LogP contribution in [0.2, 0.25) is 0 Å². The van der Waals surface area contributed by atoms with Crippen molar-refractivity contribution in [2.24, 2.45) is 11.3 Å². The normalized spacial score (nSPS) is 16.0. The molecule has 0 aromatic carbocycles. The van der Waals surface area contributed by atoms with E-state index in [1.807, 2.05) is 11.3 Å². The van der Waals surface area contributed by atoms with Crippen molar-refractivity contribution < 1.29 is 0 Å². The van der Waals surface area contributed by atoms with Crippen LogP contribution in [0.1, 0.15) is 46.4 Å². The Morgan fingerprint density at radius 1 is 1.28 bits per heavy atom. The zero-order valence-corrected chi connectivity index (χ0v) is 14.8. The van der Waals surface area contributed by atoms with Crippen LogP contribution in [0, 0.1) is 11.3 Å². The van der Waals surface area contributed by atoms with E-state index >= 15 is 0 Å². The van der Waals surface area contributed by atoms with Gasteiger partial charge in [-0.15, -0.1) is 11.3 Å². The zero-order valence-electron chi connectivity index (χ0n) is 12.4. The first-order valence-electron chi connectivity index (χ1n) is 6.60. The summed E-state index contributed by atoms with van der Waals surface area (Å²) < 4.78 is 1.21. The fourth-order valence-electron chi connectivity index (χ4n) is 1.78. The summed E-state index contributed by atoms with van der Waals surface area (Å²) in [6.07, 6.45) is 1.14. The lowest BCUT2D eigenvalue weighted by Crippen LogP contribution is -2.45. The average molecular weight is 332 g/mol. The van der Waals surface area contributed by atoms with Gasteiger partial charge >= 0.3 is 0 Å². The van der Waals surface area contributed by atoms with Crippen LogP contribution in [-0.2, 0) is 6.42 Å². The second-order valence-electron chi connectivity index (χ2n) is 6.82. The Balaban J connectivity index is 2.74. The Labute approximate surface area is 125 Å². The molecule has 1 aromatic rings. The summed E-state index contributed by atoms with van der Waals surface area (Å²) in [6.45, 7) is 14.8. The Morgan fingerprint density at radius 2 is 1.89 bits per heavy atom. The number of rotatable bonds is 5. The molecular formula is C15H26BrNS. The topological polar surface area (TPSA) is 12.0 Å². The molecule has 1 aromatic heterocycles. The Bertz CT molecular complexity index is 378. The van der Waals surface area contributed by atoms with Gasteiger partial charge in [0.05, 0.1) is 0 Å². The smallest absolute Gasteiger partial charge is 0.0285 e. The fraction of sp³-hybridized carbons (Fsp3) is 0.733. The van der Waals surface area contributed by atoms with E-state index in [2.05, 4.69) is 74.2 Å². The van der Waals surface area contributed by atoms with E-state index in [4.69, 9.17) is 0 Å². The molecule has 0 bridgehead atoms. The molecule has 18 heavy (non-hydrogen) atoms. The lowest BCUT2D eigenvalue weighted by Gasteiger charge is -2.37. The predicted molar refractivity (Wildman–Crippen MR) is 86.4 cm³/mol. The van der Waals surface area contributed by atoms with Gasteiger partial charge in [-0.2, -0.15) is 0 Å². The van der Waals surface area contributed by atoms with E-state index in [1.54, 1.807) is 0 Å². The third-order valence-electron chi connectivity index (χ3n) is 3.62. The van der Waals surface area contributed by atoms with Crippen LogP contribution in [0.15, 0.2) is 15.9 Å². The quantitative estimate of drug-likeness (QED) is 0.791. The molecule has 0 radical (unpaired) electrons. The van der Waals surface area contributed by atoms with E-state index < -0.39 is 0 Å². The van der Waals surface area contributed by atoms with Crippen molar-refractivity contribution >= 4 is 27.3 Å². The van der Waals surface area contributed by atoms with Crippen molar-refractivity contribution in [3.63, 3.8) is 0 Å². The van der Waals surface area contributed by atoms with Crippen molar-refractivity contribution in [3.05, 3.63) is 20.8 Å².